The minimum Gasteiger partial charge on any atom is -0.497 e. The van der Waals surface area contributed by atoms with Crippen molar-refractivity contribution in [3.05, 3.63) is 35.9 Å². The molecule has 0 aromatic heterocycles. The molecule has 0 amide bonds. The monoisotopic (exact) mass is 214 g/mol. The number of hydrogen-bond donors (Lipinski definition) is 0. The van der Waals surface area contributed by atoms with Crippen molar-refractivity contribution in [2.45, 2.75) is 0 Å². The molecule has 3 nitrogen and oxygen atoms in total. The van der Waals surface area contributed by atoms with Gasteiger partial charge in [0, 0.05) is 0 Å². The van der Waals surface area contributed by atoms with Gasteiger partial charge in [0.05, 0.1) is 12.7 Å². The molecule has 0 atom stereocenters. The van der Waals surface area contributed by atoms with Gasteiger partial charge in [-0.05, 0) is 35.0 Å². The lowest BCUT2D eigenvalue weighted by molar-refractivity contribution is 0.0962. The van der Waals surface area contributed by atoms with Crippen molar-refractivity contribution in [1.29, 1.82) is 0 Å². The van der Waals surface area contributed by atoms with Crippen LogP contribution >= 0.6 is 0 Å². The van der Waals surface area contributed by atoms with Crippen molar-refractivity contribution >= 4 is 16.6 Å². The van der Waals surface area contributed by atoms with Gasteiger partial charge in [-0.2, -0.15) is 0 Å². The molecule has 16 heavy (non-hydrogen) atoms. The summed E-state index contributed by atoms with van der Waals surface area (Å²) in [5.41, 5.74) is 0.695. The SMILES string of the molecule is COc1ccc2c3c(ccc2c1)OCC3=O. The number of fused-ring (bicyclic) bond motifs is 3. The fourth-order valence-electron chi connectivity index (χ4n) is 2.04. The molecule has 0 fully saturated rings. The molecule has 3 rings (SSSR count). The molecule has 0 aliphatic carbocycles. The van der Waals surface area contributed by atoms with Crippen LogP contribution in [-0.4, -0.2) is 19.5 Å². The predicted molar refractivity (Wildman–Crippen MR) is 60.3 cm³/mol. The van der Waals surface area contributed by atoms with E-state index in [1.165, 1.54) is 0 Å². The summed E-state index contributed by atoms with van der Waals surface area (Å²) in [6, 6.07) is 9.45. The van der Waals surface area contributed by atoms with Crippen molar-refractivity contribution in [3.63, 3.8) is 0 Å². The topological polar surface area (TPSA) is 35.5 Å². The molecule has 0 radical (unpaired) electrons. The van der Waals surface area contributed by atoms with Crippen LogP contribution < -0.4 is 9.47 Å². The van der Waals surface area contributed by atoms with Crippen LogP contribution in [0.5, 0.6) is 11.5 Å². The van der Waals surface area contributed by atoms with Crippen LogP contribution in [0, 0.1) is 0 Å². The molecule has 3 heteroatoms. The predicted octanol–water partition coefficient (Wildman–Crippen LogP) is 2.42. The summed E-state index contributed by atoms with van der Waals surface area (Å²) in [7, 11) is 1.63. The minimum absolute atomic E-state index is 0.0470. The molecule has 2 aromatic rings. The van der Waals surface area contributed by atoms with Crippen LogP contribution in [0.25, 0.3) is 10.8 Å². The summed E-state index contributed by atoms with van der Waals surface area (Å²) in [6.07, 6.45) is 0. The van der Waals surface area contributed by atoms with E-state index in [1.54, 1.807) is 7.11 Å². The quantitative estimate of drug-likeness (QED) is 0.731. The number of benzene rings is 2. The Bertz CT molecular complexity index is 587. The fraction of sp³-hybridized carbons (Fsp3) is 0.154. The molecular weight excluding hydrogens is 204 g/mol. The van der Waals surface area contributed by atoms with Gasteiger partial charge in [-0.15, -0.1) is 0 Å². The number of methoxy groups -OCH3 is 1. The molecule has 0 spiro atoms. The zero-order valence-corrected chi connectivity index (χ0v) is 8.82. The summed E-state index contributed by atoms with van der Waals surface area (Å²) >= 11 is 0. The molecule has 1 aliphatic rings. The number of Topliss-reactive ketones (excluding diaryl/α,β-unsaturated/α-hetero) is 1. The minimum atomic E-state index is 0.0470. The highest BCUT2D eigenvalue weighted by Crippen LogP contribution is 2.33. The third-order valence-electron chi connectivity index (χ3n) is 2.83. The molecule has 0 N–H and O–H groups in total. The first-order valence-electron chi connectivity index (χ1n) is 5.06. The zero-order chi connectivity index (χ0) is 11.1. The van der Waals surface area contributed by atoms with Crippen LogP contribution in [0.3, 0.4) is 0 Å². The van der Waals surface area contributed by atoms with Crippen LogP contribution in [0.4, 0.5) is 0 Å². The van der Waals surface area contributed by atoms with Gasteiger partial charge in [-0.1, -0.05) is 6.07 Å². The lowest BCUT2D eigenvalue weighted by Gasteiger charge is -2.05. The van der Waals surface area contributed by atoms with Crippen LogP contribution in [0.1, 0.15) is 10.4 Å². The smallest absolute Gasteiger partial charge is 0.204 e. The molecule has 0 saturated heterocycles. The number of ether oxygens (including phenoxy) is 2. The Labute approximate surface area is 92.6 Å². The van der Waals surface area contributed by atoms with Crippen LogP contribution in [0.2, 0.25) is 0 Å². The second kappa shape index (κ2) is 3.23. The van der Waals surface area contributed by atoms with Gasteiger partial charge in [0.1, 0.15) is 11.5 Å². The van der Waals surface area contributed by atoms with E-state index in [0.717, 1.165) is 16.5 Å². The third-order valence-corrected chi connectivity index (χ3v) is 2.83. The molecular formula is C13H10O3. The maximum atomic E-state index is 11.7. The Hall–Kier alpha value is -2.03. The number of hydrogen-bond acceptors (Lipinski definition) is 3. The van der Waals surface area contributed by atoms with Gasteiger partial charge >= 0.3 is 0 Å². The van der Waals surface area contributed by atoms with Gasteiger partial charge < -0.3 is 9.47 Å². The van der Waals surface area contributed by atoms with Crippen LogP contribution in [0.15, 0.2) is 30.3 Å². The van der Waals surface area contributed by atoms with Gasteiger partial charge in [0.2, 0.25) is 5.78 Å². The van der Waals surface area contributed by atoms with E-state index in [1.807, 2.05) is 30.3 Å². The van der Waals surface area contributed by atoms with E-state index in [4.69, 9.17) is 9.47 Å². The molecule has 80 valence electrons. The first-order chi connectivity index (χ1) is 7.79. The second-order valence-corrected chi connectivity index (χ2v) is 3.74. The lowest BCUT2D eigenvalue weighted by Crippen LogP contribution is -1.99. The Kier molecular flexibility index (Phi) is 1.86. The zero-order valence-electron chi connectivity index (χ0n) is 8.82. The van der Waals surface area contributed by atoms with Crippen molar-refractivity contribution in [1.82, 2.24) is 0 Å². The van der Waals surface area contributed by atoms with E-state index >= 15 is 0 Å². The Morgan fingerprint density at radius 1 is 1.25 bits per heavy atom. The van der Waals surface area contributed by atoms with E-state index in [2.05, 4.69) is 0 Å². The largest absolute Gasteiger partial charge is 0.497 e. The third kappa shape index (κ3) is 1.18. The average Bonchev–Trinajstić information content (AvgIpc) is 2.70. The van der Waals surface area contributed by atoms with E-state index in [-0.39, 0.29) is 12.4 Å². The van der Waals surface area contributed by atoms with Gasteiger partial charge in [0.25, 0.3) is 0 Å². The van der Waals surface area contributed by atoms with Gasteiger partial charge in [0.15, 0.2) is 6.61 Å². The normalized spacial score (nSPS) is 13.7. The molecule has 0 saturated carbocycles. The summed E-state index contributed by atoms with van der Waals surface area (Å²) in [4.78, 5) is 11.7. The Balaban J connectivity index is 2.33. The highest BCUT2D eigenvalue weighted by atomic mass is 16.5. The molecule has 0 bridgehead atoms. The van der Waals surface area contributed by atoms with Crippen LogP contribution in [-0.2, 0) is 0 Å². The van der Waals surface area contributed by atoms with Crippen molar-refractivity contribution < 1.29 is 14.3 Å². The highest BCUT2D eigenvalue weighted by Gasteiger charge is 2.23. The Morgan fingerprint density at radius 3 is 2.94 bits per heavy atom. The maximum Gasteiger partial charge on any atom is 0.204 e. The lowest BCUT2D eigenvalue weighted by atomic mass is 10.0. The summed E-state index contributed by atoms with van der Waals surface area (Å²) in [5, 5.41) is 1.93. The van der Waals surface area contributed by atoms with Gasteiger partial charge in [-0.3, -0.25) is 4.79 Å². The fourth-order valence-corrected chi connectivity index (χ4v) is 2.04. The summed E-state index contributed by atoms with van der Waals surface area (Å²) in [5.74, 6) is 1.52. The summed E-state index contributed by atoms with van der Waals surface area (Å²) in [6.45, 7) is 0.153. The number of ketones is 1. The van der Waals surface area contributed by atoms with Crippen molar-refractivity contribution in [2.75, 3.05) is 13.7 Å². The van der Waals surface area contributed by atoms with Crippen molar-refractivity contribution in [2.24, 2.45) is 0 Å². The highest BCUT2D eigenvalue weighted by molar-refractivity contribution is 6.13. The first kappa shape index (κ1) is 9.21. The molecule has 1 aliphatic heterocycles. The molecule has 0 unspecified atom stereocenters. The number of rotatable bonds is 1. The summed E-state index contributed by atoms with van der Waals surface area (Å²) < 4.78 is 10.4. The average molecular weight is 214 g/mol. The van der Waals surface area contributed by atoms with Crippen molar-refractivity contribution in [3.8, 4) is 11.5 Å². The van der Waals surface area contributed by atoms with E-state index < -0.39 is 0 Å². The Morgan fingerprint density at radius 2 is 2.12 bits per heavy atom. The second-order valence-electron chi connectivity index (χ2n) is 3.74. The maximum absolute atomic E-state index is 11.7. The molecule has 2 aromatic carbocycles. The van der Waals surface area contributed by atoms with E-state index in [9.17, 15) is 4.79 Å². The van der Waals surface area contributed by atoms with Gasteiger partial charge in [-0.25, -0.2) is 0 Å². The number of carbonyl (C=O) groups is 1. The van der Waals surface area contributed by atoms with E-state index in [0.29, 0.717) is 11.3 Å². The number of carbonyl (C=O) groups excluding carboxylic acids is 1. The standard InChI is InChI=1S/C13H10O3/c1-15-9-3-4-10-8(6-9)2-5-12-13(10)11(14)7-16-12/h2-6H,7H2,1H3. The first-order valence-corrected chi connectivity index (χ1v) is 5.06. The molecule has 1 heterocycles.